The van der Waals surface area contributed by atoms with Gasteiger partial charge in [0.2, 0.25) is 0 Å². The van der Waals surface area contributed by atoms with E-state index in [0.29, 0.717) is 11.0 Å². The third-order valence-corrected chi connectivity index (χ3v) is 2.05. The number of hydrogen-bond acceptors (Lipinski definition) is 4. The van der Waals surface area contributed by atoms with E-state index in [0.717, 1.165) is 11.7 Å². The summed E-state index contributed by atoms with van der Waals surface area (Å²) in [4.78, 5) is 3.86. The molecule has 0 saturated heterocycles. The van der Waals surface area contributed by atoms with Crippen molar-refractivity contribution in [1.82, 2.24) is 18.3 Å². The molecular weight excluding hydrogens is 219 g/mol. The van der Waals surface area contributed by atoms with Crippen LogP contribution in [0, 0.1) is 0 Å². The van der Waals surface area contributed by atoms with E-state index < -0.39 is 0 Å². The van der Waals surface area contributed by atoms with Crippen molar-refractivity contribution in [3.8, 4) is 5.82 Å². The quantitative estimate of drug-likeness (QED) is 0.740. The Morgan fingerprint density at radius 3 is 2.75 bits per heavy atom. The van der Waals surface area contributed by atoms with Gasteiger partial charge in [0, 0.05) is 12.4 Å². The first-order valence-corrected chi connectivity index (χ1v) is 3.95. The van der Waals surface area contributed by atoms with Crippen molar-refractivity contribution in [2.75, 3.05) is 0 Å². The molecule has 2 heterocycles. The highest BCUT2D eigenvalue weighted by Crippen LogP contribution is 2.15. The van der Waals surface area contributed by atoms with Gasteiger partial charge in [-0.1, -0.05) is 11.6 Å². The van der Waals surface area contributed by atoms with E-state index >= 15 is 0 Å². The number of imidazole rings is 1. The Morgan fingerprint density at radius 1 is 1.42 bits per heavy atom. The molecule has 7 heteroatoms. The smallest absolute Gasteiger partial charge is 0.191 e. The number of hydrogen-bond donors (Lipinski definition) is 0. The van der Waals surface area contributed by atoms with Gasteiger partial charge in [-0.3, -0.25) is 4.57 Å². The third kappa shape index (κ3) is 1.57. The molecule has 0 amide bonds. The average Bonchev–Trinajstić information content (AvgIpc) is 2.55. The molecule has 0 aliphatic heterocycles. The van der Waals surface area contributed by atoms with E-state index in [1.165, 1.54) is 0 Å². The largest absolute Gasteiger partial charge is 0.287 e. The summed E-state index contributed by atoms with van der Waals surface area (Å²) in [6.45, 7) is 0. The van der Waals surface area contributed by atoms with E-state index in [1.54, 1.807) is 23.3 Å². The van der Waals surface area contributed by atoms with Crippen molar-refractivity contribution < 1.29 is 0 Å². The predicted octanol–water partition coefficient (Wildman–Crippen LogP) is 1.80. The van der Waals surface area contributed by atoms with Gasteiger partial charge in [-0.05, 0) is 0 Å². The van der Waals surface area contributed by atoms with Crippen LogP contribution >= 0.6 is 35.7 Å². The SMILES string of the molecule is Cl.Clc1nsnc1-n1ccnc1. The van der Waals surface area contributed by atoms with Crippen molar-refractivity contribution in [1.29, 1.82) is 0 Å². The highest BCUT2D eigenvalue weighted by Gasteiger charge is 2.05. The molecule has 0 aliphatic rings. The molecule has 2 aromatic heterocycles. The summed E-state index contributed by atoms with van der Waals surface area (Å²) in [5, 5.41) is 0.410. The van der Waals surface area contributed by atoms with Gasteiger partial charge in [0.05, 0.1) is 11.7 Å². The van der Waals surface area contributed by atoms with Gasteiger partial charge in [0.15, 0.2) is 11.0 Å². The van der Waals surface area contributed by atoms with Gasteiger partial charge in [-0.25, -0.2) is 4.98 Å². The van der Waals surface area contributed by atoms with Crippen molar-refractivity contribution in [3.05, 3.63) is 23.9 Å². The minimum atomic E-state index is 0. The first-order valence-electron chi connectivity index (χ1n) is 2.84. The third-order valence-electron chi connectivity index (χ3n) is 1.18. The standard InChI is InChI=1S/C5H3ClN4S.ClH/c6-4-5(9-11-8-4)10-2-1-7-3-10;/h1-3H;1H. The number of aromatic nitrogens is 4. The van der Waals surface area contributed by atoms with E-state index in [9.17, 15) is 0 Å². The molecule has 0 N–H and O–H groups in total. The van der Waals surface area contributed by atoms with Crippen LogP contribution in [0.15, 0.2) is 18.7 Å². The van der Waals surface area contributed by atoms with Crippen LogP contribution in [0.5, 0.6) is 0 Å². The molecular formula is C5H4Cl2N4S. The monoisotopic (exact) mass is 222 g/mol. The van der Waals surface area contributed by atoms with Gasteiger partial charge < -0.3 is 0 Å². The molecule has 0 aliphatic carbocycles. The Labute approximate surface area is 83.9 Å². The van der Waals surface area contributed by atoms with E-state index in [2.05, 4.69) is 13.7 Å². The van der Waals surface area contributed by atoms with E-state index in [4.69, 9.17) is 11.6 Å². The molecule has 2 rings (SSSR count). The lowest BCUT2D eigenvalue weighted by atomic mass is 10.7. The Bertz CT molecular complexity index is 344. The lowest BCUT2D eigenvalue weighted by molar-refractivity contribution is 1.02. The molecule has 0 bridgehead atoms. The fraction of sp³-hybridized carbons (Fsp3) is 0. The Balaban J connectivity index is 0.000000720. The Kier molecular flexibility index (Phi) is 3.02. The summed E-state index contributed by atoms with van der Waals surface area (Å²) in [6.07, 6.45) is 5.06. The minimum absolute atomic E-state index is 0. The lowest BCUT2D eigenvalue weighted by Gasteiger charge is -1.92. The van der Waals surface area contributed by atoms with Crippen LogP contribution < -0.4 is 0 Å². The molecule has 0 spiro atoms. The molecule has 4 nitrogen and oxygen atoms in total. The molecule has 0 radical (unpaired) electrons. The van der Waals surface area contributed by atoms with Crippen LogP contribution in [-0.4, -0.2) is 18.3 Å². The number of nitrogens with zero attached hydrogens (tertiary/aromatic N) is 4. The maximum atomic E-state index is 5.72. The van der Waals surface area contributed by atoms with Crippen LogP contribution in [-0.2, 0) is 0 Å². The van der Waals surface area contributed by atoms with Crippen LogP contribution in [0.2, 0.25) is 5.15 Å². The van der Waals surface area contributed by atoms with Gasteiger partial charge in [-0.2, -0.15) is 8.75 Å². The topological polar surface area (TPSA) is 43.6 Å². The molecule has 0 atom stereocenters. The van der Waals surface area contributed by atoms with Gasteiger partial charge in [-0.15, -0.1) is 12.4 Å². The summed E-state index contributed by atoms with van der Waals surface area (Å²) in [5.74, 6) is 0.633. The normalized spacial score (nSPS) is 9.42. The zero-order valence-electron chi connectivity index (χ0n) is 5.72. The van der Waals surface area contributed by atoms with Crippen molar-refractivity contribution in [2.45, 2.75) is 0 Å². The highest BCUT2D eigenvalue weighted by molar-refractivity contribution is 6.99. The van der Waals surface area contributed by atoms with Crippen LogP contribution in [0.3, 0.4) is 0 Å². The fourth-order valence-corrected chi connectivity index (χ4v) is 1.45. The molecule has 2 aromatic rings. The molecule has 0 fully saturated rings. The van der Waals surface area contributed by atoms with Gasteiger partial charge in [0.1, 0.15) is 6.33 Å². The number of rotatable bonds is 1. The zero-order valence-corrected chi connectivity index (χ0v) is 8.10. The molecule has 64 valence electrons. The Hall–Kier alpha value is -0.650. The molecule has 12 heavy (non-hydrogen) atoms. The second-order valence-corrected chi connectivity index (χ2v) is 2.74. The summed E-state index contributed by atoms with van der Waals surface area (Å²) >= 11 is 6.80. The van der Waals surface area contributed by atoms with Crippen LogP contribution in [0.4, 0.5) is 0 Å². The second kappa shape index (κ2) is 3.84. The molecule has 0 unspecified atom stereocenters. The first-order chi connectivity index (χ1) is 5.38. The van der Waals surface area contributed by atoms with Crippen molar-refractivity contribution in [2.24, 2.45) is 0 Å². The van der Waals surface area contributed by atoms with Gasteiger partial charge >= 0.3 is 0 Å². The van der Waals surface area contributed by atoms with E-state index in [-0.39, 0.29) is 12.4 Å². The van der Waals surface area contributed by atoms with E-state index in [1.807, 2.05) is 0 Å². The summed E-state index contributed by atoms with van der Waals surface area (Å²) in [5.41, 5.74) is 0. The summed E-state index contributed by atoms with van der Waals surface area (Å²) < 4.78 is 9.51. The summed E-state index contributed by atoms with van der Waals surface area (Å²) in [7, 11) is 0. The zero-order chi connectivity index (χ0) is 7.68. The second-order valence-electron chi connectivity index (χ2n) is 1.85. The van der Waals surface area contributed by atoms with Crippen molar-refractivity contribution >= 4 is 35.7 Å². The Morgan fingerprint density at radius 2 is 2.25 bits per heavy atom. The molecule has 0 aromatic carbocycles. The molecule has 0 saturated carbocycles. The maximum Gasteiger partial charge on any atom is 0.191 e. The lowest BCUT2D eigenvalue weighted by Crippen LogP contribution is -1.89. The average molecular weight is 223 g/mol. The first kappa shape index (κ1) is 9.44. The van der Waals surface area contributed by atoms with Crippen LogP contribution in [0.25, 0.3) is 5.82 Å². The van der Waals surface area contributed by atoms with Crippen molar-refractivity contribution in [3.63, 3.8) is 0 Å². The highest BCUT2D eigenvalue weighted by atomic mass is 35.5. The van der Waals surface area contributed by atoms with Crippen LogP contribution in [0.1, 0.15) is 0 Å². The van der Waals surface area contributed by atoms with Gasteiger partial charge in [0.25, 0.3) is 0 Å². The number of halogens is 2. The predicted molar refractivity (Wildman–Crippen MR) is 49.3 cm³/mol. The fourth-order valence-electron chi connectivity index (χ4n) is 0.711. The maximum absolute atomic E-state index is 5.72. The summed E-state index contributed by atoms with van der Waals surface area (Å²) in [6, 6.07) is 0. The minimum Gasteiger partial charge on any atom is -0.287 e.